The molecule has 2 aromatic carbocycles. The van der Waals surface area contributed by atoms with Crippen molar-refractivity contribution in [2.24, 2.45) is 0 Å². The predicted octanol–water partition coefficient (Wildman–Crippen LogP) is 3.91. The number of rotatable bonds is 9. The monoisotopic (exact) mass is 427 g/mol. The van der Waals surface area contributed by atoms with Gasteiger partial charge in [0.25, 0.3) is 0 Å². The van der Waals surface area contributed by atoms with Crippen molar-refractivity contribution in [3.8, 4) is 0 Å². The molecule has 1 aliphatic heterocycles. The molecule has 1 fully saturated rings. The molecule has 0 bridgehead atoms. The quantitative estimate of drug-likeness (QED) is 0.343. The van der Waals surface area contributed by atoms with E-state index in [4.69, 9.17) is 18.9 Å². The van der Waals surface area contributed by atoms with Crippen LogP contribution in [0.2, 0.25) is 0 Å². The van der Waals surface area contributed by atoms with Crippen LogP contribution in [0.5, 0.6) is 0 Å². The Bertz CT molecular complexity index is 818. The van der Waals surface area contributed by atoms with Gasteiger partial charge >= 0.3 is 12.1 Å². The van der Waals surface area contributed by atoms with E-state index in [-0.39, 0.29) is 31.9 Å². The number of amides is 1. The highest BCUT2D eigenvalue weighted by Crippen LogP contribution is 2.31. The van der Waals surface area contributed by atoms with Crippen molar-refractivity contribution in [2.75, 3.05) is 27.0 Å². The highest BCUT2D eigenvalue weighted by atomic mass is 16.7. The van der Waals surface area contributed by atoms with Gasteiger partial charge in [-0.1, -0.05) is 60.7 Å². The number of hydrogen-bond acceptors (Lipinski definition) is 6. The van der Waals surface area contributed by atoms with Crippen molar-refractivity contribution >= 4 is 12.1 Å². The fourth-order valence-corrected chi connectivity index (χ4v) is 3.52. The van der Waals surface area contributed by atoms with Crippen molar-refractivity contribution < 1.29 is 28.5 Å². The van der Waals surface area contributed by atoms with Crippen LogP contribution in [0.25, 0.3) is 0 Å². The summed E-state index contributed by atoms with van der Waals surface area (Å²) in [6.45, 7) is 1.58. The van der Waals surface area contributed by atoms with Gasteiger partial charge in [-0.15, -0.1) is 0 Å². The van der Waals surface area contributed by atoms with Crippen LogP contribution >= 0.6 is 0 Å². The van der Waals surface area contributed by atoms with E-state index in [2.05, 4.69) is 0 Å². The van der Waals surface area contributed by atoms with Crippen LogP contribution in [0.3, 0.4) is 0 Å². The molecular formula is C24H29NO6. The largest absolute Gasteiger partial charge is 0.469 e. The molecule has 0 saturated carbocycles. The van der Waals surface area contributed by atoms with Crippen molar-refractivity contribution in [2.45, 2.75) is 38.1 Å². The van der Waals surface area contributed by atoms with Gasteiger partial charge in [0.2, 0.25) is 0 Å². The van der Waals surface area contributed by atoms with Crippen LogP contribution in [-0.4, -0.2) is 49.6 Å². The molecule has 1 saturated heterocycles. The molecule has 0 N–H and O–H groups in total. The second kappa shape index (κ2) is 11.5. The first kappa shape index (κ1) is 22.8. The minimum Gasteiger partial charge on any atom is -0.469 e. The van der Waals surface area contributed by atoms with Crippen LogP contribution in [0.15, 0.2) is 60.7 Å². The second-order valence-electron chi connectivity index (χ2n) is 7.56. The molecule has 2 aromatic rings. The van der Waals surface area contributed by atoms with Crippen molar-refractivity contribution in [3.05, 3.63) is 71.8 Å². The maximum atomic E-state index is 12.4. The molecule has 0 radical (unpaired) electrons. The Labute approximate surface area is 182 Å². The maximum Gasteiger partial charge on any atom is 0.410 e. The first-order valence-electron chi connectivity index (χ1n) is 10.4. The van der Waals surface area contributed by atoms with E-state index < -0.39 is 5.60 Å². The van der Waals surface area contributed by atoms with E-state index in [1.807, 2.05) is 60.7 Å². The van der Waals surface area contributed by atoms with Gasteiger partial charge in [0.05, 0.1) is 25.7 Å². The lowest BCUT2D eigenvalue weighted by Crippen LogP contribution is -2.49. The molecule has 0 aliphatic carbocycles. The molecule has 0 unspecified atom stereocenters. The number of carbonyl (C=O) groups is 2. The fourth-order valence-electron chi connectivity index (χ4n) is 3.52. The van der Waals surface area contributed by atoms with E-state index in [0.29, 0.717) is 32.5 Å². The van der Waals surface area contributed by atoms with E-state index in [1.54, 1.807) is 4.90 Å². The summed E-state index contributed by atoms with van der Waals surface area (Å²) in [5.41, 5.74) is 1.26. The third-order valence-electron chi connectivity index (χ3n) is 5.39. The minimum absolute atomic E-state index is 0.0599. The molecule has 3 rings (SSSR count). The fraction of sp³-hybridized carbons (Fsp3) is 0.417. The third kappa shape index (κ3) is 7.08. The van der Waals surface area contributed by atoms with E-state index >= 15 is 0 Å². The van der Waals surface area contributed by atoms with Crippen LogP contribution in [0.4, 0.5) is 4.79 Å². The molecule has 0 atom stereocenters. The topological polar surface area (TPSA) is 74.3 Å². The van der Waals surface area contributed by atoms with Gasteiger partial charge in [-0.05, 0) is 24.0 Å². The smallest absolute Gasteiger partial charge is 0.410 e. The maximum absolute atomic E-state index is 12.4. The van der Waals surface area contributed by atoms with Gasteiger partial charge in [-0.3, -0.25) is 4.79 Å². The molecule has 0 aromatic heterocycles. The molecule has 7 heteroatoms. The zero-order valence-electron chi connectivity index (χ0n) is 17.8. The van der Waals surface area contributed by atoms with E-state index in [9.17, 15) is 9.59 Å². The zero-order valence-corrected chi connectivity index (χ0v) is 17.8. The molecular weight excluding hydrogens is 398 g/mol. The summed E-state index contributed by atoms with van der Waals surface area (Å²) in [5.74, 6) is -0.344. The summed E-state index contributed by atoms with van der Waals surface area (Å²) in [5, 5.41) is 0. The number of carbonyl (C=O) groups excluding carboxylic acids is 2. The van der Waals surface area contributed by atoms with Gasteiger partial charge in [0.1, 0.15) is 13.4 Å². The van der Waals surface area contributed by atoms with Crippen molar-refractivity contribution in [1.29, 1.82) is 0 Å². The second-order valence-corrected chi connectivity index (χ2v) is 7.56. The summed E-state index contributed by atoms with van der Waals surface area (Å²) in [6.07, 6.45) is 0.746. The standard InChI is InChI=1S/C24H29NO6/c1-28-22(26)16-24(31-19-29-17-20-8-4-2-5-9-20)12-14-25(15-13-24)23(27)30-18-21-10-6-3-7-11-21/h2-11H,12-19H2,1H3. The molecule has 1 aliphatic rings. The Morgan fingerprint density at radius 2 is 1.48 bits per heavy atom. The van der Waals surface area contributed by atoms with Crippen LogP contribution in [-0.2, 0) is 37.0 Å². The summed E-state index contributed by atoms with van der Waals surface area (Å²) in [4.78, 5) is 26.0. The van der Waals surface area contributed by atoms with Gasteiger partial charge in [-0.25, -0.2) is 4.79 Å². The zero-order chi connectivity index (χ0) is 21.9. The molecule has 166 valence electrons. The van der Waals surface area contributed by atoms with Gasteiger partial charge in [0.15, 0.2) is 0 Å². The van der Waals surface area contributed by atoms with Crippen LogP contribution in [0, 0.1) is 0 Å². The number of hydrogen-bond donors (Lipinski definition) is 0. The Hall–Kier alpha value is -2.90. The Kier molecular flexibility index (Phi) is 8.44. The Morgan fingerprint density at radius 1 is 0.903 bits per heavy atom. The highest BCUT2D eigenvalue weighted by molar-refractivity contribution is 5.71. The SMILES string of the molecule is COC(=O)CC1(OCOCc2ccccc2)CCN(C(=O)OCc2ccccc2)CC1. The number of esters is 1. The van der Waals surface area contributed by atoms with Crippen molar-refractivity contribution in [1.82, 2.24) is 4.90 Å². The van der Waals surface area contributed by atoms with Gasteiger partial charge in [0, 0.05) is 13.1 Å². The number of nitrogens with zero attached hydrogens (tertiary/aromatic N) is 1. The Balaban J connectivity index is 1.49. The van der Waals surface area contributed by atoms with E-state index in [1.165, 1.54) is 7.11 Å². The van der Waals surface area contributed by atoms with Gasteiger partial charge in [-0.2, -0.15) is 0 Å². The van der Waals surface area contributed by atoms with Crippen LogP contribution < -0.4 is 0 Å². The number of benzene rings is 2. The number of likely N-dealkylation sites (tertiary alicyclic amines) is 1. The molecule has 1 amide bonds. The average molecular weight is 427 g/mol. The third-order valence-corrected chi connectivity index (χ3v) is 5.39. The van der Waals surface area contributed by atoms with E-state index in [0.717, 1.165) is 11.1 Å². The molecule has 31 heavy (non-hydrogen) atoms. The highest BCUT2D eigenvalue weighted by Gasteiger charge is 2.39. The summed E-state index contributed by atoms with van der Waals surface area (Å²) in [6, 6.07) is 19.3. The molecule has 7 nitrogen and oxygen atoms in total. The number of ether oxygens (including phenoxy) is 4. The first-order chi connectivity index (χ1) is 15.1. The Morgan fingerprint density at radius 3 is 2.06 bits per heavy atom. The number of piperidine rings is 1. The van der Waals surface area contributed by atoms with Crippen LogP contribution in [0.1, 0.15) is 30.4 Å². The van der Waals surface area contributed by atoms with Gasteiger partial charge < -0.3 is 23.8 Å². The summed E-state index contributed by atoms with van der Waals surface area (Å²) >= 11 is 0. The molecule has 1 heterocycles. The first-order valence-corrected chi connectivity index (χ1v) is 10.4. The average Bonchev–Trinajstić information content (AvgIpc) is 2.82. The van der Waals surface area contributed by atoms with Crippen molar-refractivity contribution in [3.63, 3.8) is 0 Å². The minimum atomic E-state index is -0.722. The lowest BCUT2D eigenvalue weighted by molar-refractivity contribution is -0.178. The molecule has 0 spiro atoms. The predicted molar refractivity (Wildman–Crippen MR) is 114 cm³/mol. The lowest BCUT2D eigenvalue weighted by Gasteiger charge is -2.40. The number of methoxy groups -OCH3 is 1. The summed E-state index contributed by atoms with van der Waals surface area (Å²) < 4.78 is 21.9. The summed E-state index contributed by atoms with van der Waals surface area (Å²) in [7, 11) is 1.36. The lowest BCUT2D eigenvalue weighted by atomic mass is 9.88. The normalized spacial score (nSPS) is 15.3.